The second kappa shape index (κ2) is 8.82. The number of hydrogen-bond acceptors (Lipinski definition) is 6. The summed E-state index contributed by atoms with van der Waals surface area (Å²) in [7, 11) is 3.86. The number of imide groups is 1. The topological polar surface area (TPSA) is 95.8 Å². The molecule has 0 saturated carbocycles. The summed E-state index contributed by atoms with van der Waals surface area (Å²) in [5, 5.41) is 14.2. The van der Waals surface area contributed by atoms with Crippen molar-refractivity contribution >= 4 is 40.1 Å². The third-order valence-electron chi connectivity index (χ3n) is 5.70. The van der Waals surface area contributed by atoms with Gasteiger partial charge in [-0.2, -0.15) is 0 Å². The Bertz CT molecular complexity index is 1330. The molecule has 0 aliphatic carbocycles. The number of rotatable bonds is 6. The maximum absolute atomic E-state index is 13.6. The summed E-state index contributed by atoms with van der Waals surface area (Å²) in [6.45, 7) is 3.79. The third kappa shape index (κ3) is 4.13. The molecule has 1 aliphatic heterocycles. The summed E-state index contributed by atoms with van der Waals surface area (Å²) in [6.07, 6.45) is 0. The maximum atomic E-state index is 13.6. The Morgan fingerprint density at radius 3 is 2.09 bits per heavy atom. The van der Waals surface area contributed by atoms with Crippen molar-refractivity contribution in [3.05, 3.63) is 99.2 Å². The lowest BCUT2D eigenvalue weighted by Crippen LogP contribution is -2.33. The highest BCUT2D eigenvalue weighted by atomic mass is 16.6. The van der Waals surface area contributed by atoms with Gasteiger partial charge in [-0.05, 0) is 67.4 Å². The first kappa shape index (κ1) is 22.7. The molecular formula is C26H24N4O4. The normalized spacial score (nSPS) is 13.5. The number of nitro benzene ring substituents is 1. The third-order valence-corrected chi connectivity index (χ3v) is 5.70. The van der Waals surface area contributed by atoms with Crippen LogP contribution in [0.15, 0.2) is 72.4 Å². The molecule has 8 nitrogen and oxygen atoms in total. The molecule has 0 saturated heterocycles. The second-order valence-electron chi connectivity index (χ2n) is 8.36. The molecule has 0 atom stereocenters. The van der Waals surface area contributed by atoms with Crippen LogP contribution < -0.4 is 15.1 Å². The van der Waals surface area contributed by atoms with Crippen molar-refractivity contribution in [1.29, 1.82) is 0 Å². The highest BCUT2D eigenvalue weighted by Crippen LogP contribution is 2.36. The smallest absolute Gasteiger partial charge is 0.282 e. The fourth-order valence-corrected chi connectivity index (χ4v) is 3.93. The Kier molecular flexibility index (Phi) is 5.89. The van der Waals surface area contributed by atoms with Crippen LogP contribution in [0.5, 0.6) is 0 Å². The molecule has 0 aromatic heterocycles. The molecule has 2 amide bonds. The van der Waals surface area contributed by atoms with Crippen LogP contribution >= 0.6 is 0 Å². The van der Waals surface area contributed by atoms with Crippen LogP contribution in [0, 0.1) is 24.0 Å². The molecular weight excluding hydrogens is 432 g/mol. The summed E-state index contributed by atoms with van der Waals surface area (Å²) in [6, 6.07) is 18.6. The lowest BCUT2D eigenvalue weighted by atomic mass is 10.0. The average molecular weight is 457 g/mol. The van der Waals surface area contributed by atoms with Crippen molar-refractivity contribution in [2.45, 2.75) is 13.8 Å². The van der Waals surface area contributed by atoms with Gasteiger partial charge in [-0.3, -0.25) is 19.7 Å². The fourth-order valence-electron chi connectivity index (χ4n) is 3.93. The number of nitrogens with one attached hydrogen (secondary N) is 1. The highest BCUT2D eigenvalue weighted by molar-refractivity contribution is 6.46. The number of amides is 2. The molecule has 3 aromatic rings. The van der Waals surface area contributed by atoms with Gasteiger partial charge in [-0.15, -0.1) is 0 Å². The summed E-state index contributed by atoms with van der Waals surface area (Å²) < 4.78 is 0. The van der Waals surface area contributed by atoms with Crippen LogP contribution in [0.2, 0.25) is 0 Å². The van der Waals surface area contributed by atoms with E-state index in [2.05, 4.69) is 5.32 Å². The summed E-state index contributed by atoms with van der Waals surface area (Å²) >= 11 is 0. The SMILES string of the molecule is Cc1ccc(N2C(=O)C(Nc3ccc(N(C)C)cc3)=C(c3ccc([N+](=O)[O-])cc3)C2=O)c(C)c1. The van der Waals surface area contributed by atoms with Crippen LogP contribution in [0.3, 0.4) is 0 Å². The molecule has 0 unspecified atom stereocenters. The van der Waals surface area contributed by atoms with E-state index in [1.54, 1.807) is 6.07 Å². The van der Waals surface area contributed by atoms with E-state index in [0.717, 1.165) is 21.7 Å². The monoisotopic (exact) mass is 456 g/mol. The summed E-state index contributed by atoms with van der Waals surface area (Å²) in [5.41, 5.74) is 4.55. The molecule has 1 heterocycles. The largest absolute Gasteiger partial charge is 0.378 e. The van der Waals surface area contributed by atoms with Gasteiger partial charge in [0.15, 0.2) is 0 Å². The number of carbonyl (C=O) groups excluding carboxylic acids is 2. The Morgan fingerprint density at radius 1 is 0.882 bits per heavy atom. The van der Waals surface area contributed by atoms with E-state index in [4.69, 9.17) is 0 Å². The molecule has 3 aromatic carbocycles. The van der Waals surface area contributed by atoms with Gasteiger partial charge < -0.3 is 10.2 Å². The predicted octanol–water partition coefficient (Wildman–Crippen LogP) is 4.67. The van der Waals surface area contributed by atoms with E-state index in [0.29, 0.717) is 16.9 Å². The van der Waals surface area contributed by atoms with Gasteiger partial charge in [-0.1, -0.05) is 17.7 Å². The van der Waals surface area contributed by atoms with E-state index in [1.807, 2.05) is 69.2 Å². The van der Waals surface area contributed by atoms with E-state index in [9.17, 15) is 19.7 Å². The molecule has 4 rings (SSSR count). The Morgan fingerprint density at radius 2 is 1.53 bits per heavy atom. The van der Waals surface area contributed by atoms with Crippen molar-refractivity contribution in [3.8, 4) is 0 Å². The molecule has 1 N–H and O–H groups in total. The van der Waals surface area contributed by atoms with Crippen LogP contribution in [-0.4, -0.2) is 30.8 Å². The maximum Gasteiger partial charge on any atom is 0.282 e. The van der Waals surface area contributed by atoms with Gasteiger partial charge in [0.1, 0.15) is 5.70 Å². The number of benzene rings is 3. The predicted molar refractivity (Wildman–Crippen MR) is 133 cm³/mol. The zero-order valence-corrected chi connectivity index (χ0v) is 19.3. The van der Waals surface area contributed by atoms with Crippen molar-refractivity contribution in [3.63, 3.8) is 0 Å². The minimum absolute atomic E-state index is 0.0962. The quantitative estimate of drug-likeness (QED) is 0.329. The summed E-state index contributed by atoms with van der Waals surface area (Å²) in [5.74, 6) is -0.972. The lowest BCUT2D eigenvalue weighted by Gasteiger charge is -2.18. The minimum atomic E-state index is -0.507. The number of hydrogen-bond donors (Lipinski definition) is 1. The Labute approximate surface area is 197 Å². The number of anilines is 3. The number of nitrogens with zero attached hydrogens (tertiary/aromatic N) is 3. The highest BCUT2D eigenvalue weighted by Gasteiger charge is 2.41. The second-order valence-corrected chi connectivity index (χ2v) is 8.36. The molecule has 8 heteroatoms. The Balaban J connectivity index is 1.80. The van der Waals surface area contributed by atoms with Crippen molar-refractivity contribution in [2.75, 3.05) is 29.2 Å². The average Bonchev–Trinajstić information content (AvgIpc) is 3.04. The number of aryl methyl sites for hydroxylation is 2. The number of nitro groups is 1. The van der Waals surface area contributed by atoms with Crippen molar-refractivity contribution in [1.82, 2.24) is 0 Å². The summed E-state index contributed by atoms with van der Waals surface area (Å²) in [4.78, 5) is 40.8. The van der Waals surface area contributed by atoms with Gasteiger partial charge in [0.2, 0.25) is 0 Å². The zero-order chi connectivity index (χ0) is 24.6. The van der Waals surface area contributed by atoms with E-state index < -0.39 is 16.7 Å². The van der Waals surface area contributed by atoms with Crippen molar-refractivity contribution in [2.24, 2.45) is 0 Å². The molecule has 0 fully saturated rings. The first-order valence-electron chi connectivity index (χ1n) is 10.7. The molecule has 1 aliphatic rings. The zero-order valence-electron chi connectivity index (χ0n) is 19.3. The first-order chi connectivity index (χ1) is 16.2. The standard InChI is InChI=1S/C26H24N4O4/c1-16-5-14-22(17(2)15-16)29-25(31)23(18-6-10-21(11-7-18)30(33)34)24(26(29)32)27-19-8-12-20(13-9-19)28(3)4/h5-15,27H,1-4H3. The van der Waals surface area contributed by atoms with Gasteiger partial charge >= 0.3 is 0 Å². The van der Waals surface area contributed by atoms with Crippen LogP contribution in [0.4, 0.5) is 22.7 Å². The first-order valence-corrected chi connectivity index (χ1v) is 10.7. The van der Waals surface area contributed by atoms with Gasteiger partial charge in [-0.25, -0.2) is 4.90 Å². The molecule has 172 valence electrons. The molecule has 0 spiro atoms. The molecule has 0 radical (unpaired) electrons. The molecule has 34 heavy (non-hydrogen) atoms. The number of non-ortho nitro benzene ring substituents is 1. The Hall–Kier alpha value is -4.46. The van der Waals surface area contributed by atoms with E-state index >= 15 is 0 Å². The minimum Gasteiger partial charge on any atom is -0.378 e. The fraction of sp³-hybridized carbons (Fsp3) is 0.154. The molecule has 0 bridgehead atoms. The van der Waals surface area contributed by atoms with Gasteiger partial charge in [0.05, 0.1) is 16.2 Å². The van der Waals surface area contributed by atoms with E-state index in [-0.39, 0.29) is 17.0 Å². The lowest BCUT2D eigenvalue weighted by molar-refractivity contribution is -0.384. The number of carbonyl (C=O) groups is 2. The van der Waals surface area contributed by atoms with Crippen LogP contribution in [-0.2, 0) is 9.59 Å². The van der Waals surface area contributed by atoms with Crippen LogP contribution in [0.1, 0.15) is 16.7 Å². The van der Waals surface area contributed by atoms with Gasteiger partial charge in [0.25, 0.3) is 17.5 Å². The van der Waals surface area contributed by atoms with Crippen LogP contribution in [0.25, 0.3) is 5.57 Å². The van der Waals surface area contributed by atoms with Crippen molar-refractivity contribution < 1.29 is 14.5 Å². The van der Waals surface area contributed by atoms with Gasteiger partial charge in [0, 0.05) is 37.6 Å². The van der Waals surface area contributed by atoms with E-state index in [1.165, 1.54) is 24.3 Å².